The zero-order valence-corrected chi connectivity index (χ0v) is 11.8. The minimum atomic E-state index is -0.400. The number of nitrogens with two attached hydrogens (primary N) is 1. The second-order valence-corrected chi connectivity index (χ2v) is 6.64. The van der Waals surface area contributed by atoms with Crippen molar-refractivity contribution in [2.24, 2.45) is 11.1 Å². The number of aromatic nitrogens is 3. The van der Waals surface area contributed by atoms with Crippen molar-refractivity contribution in [3.05, 3.63) is 34.0 Å². The molecule has 0 radical (unpaired) electrons. The number of nitrogens with one attached hydrogen (secondary N) is 1. The maximum absolute atomic E-state index is 10.9. The maximum atomic E-state index is 10.9. The molecule has 100 valence electrons. The van der Waals surface area contributed by atoms with Crippen LogP contribution in [-0.4, -0.2) is 21.1 Å². The topological polar surface area (TPSA) is 84.7 Å². The van der Waals surface area contributed by atoms with E-state index in [1.165, 1.54) is 4.88 Å². The molecule has 1 unspecified atom stereocenters. The van der Waals surface area contributed by atoms with Crippen molar-refractivity contribution in [3.8, 4) is 0 Å². The average Bonchev–Trinajstić information content (AvgIpc) is 2.81. The van der Waals surface area contributed by atoms with Crippen LogP contribution in [0.5, 0.6) is 0 Å². The van der Waals surface area contributed by atoms with E-state index < -0.39 is 5.91 Å². The zero-order valence-electron chi connectivity index (χ0n) is 10.9. The van der Waals surface area contributed by atoms with Crippen LogP contribution in [0.25, 0.3) is 0 Å². The molecular formula is C13H16N4OS. The summed E-state index contributed by atoms with van der Waals surface area (Å²) >= 11 is 1.73. The lowest BCUT2D eigenvalue weighted by molar-refractivity contribution is -0.117. The van der Waals surface area contributed by atoms with Crippen molar-refractivity contribution in [3.63, 3.8) is 0 Å². The molecule has 19 heavy (non-hydrogen) atoms. The molecule has 0 saturated heterocycles. The number of hydrogen-bond acceptors (Lipinski definition) is 4. The van der Waals surface area contributed by atoms with Crippen molar-refractivity contribution in [2.75, 3.05) is 0 Å². The normalized spacial score (nSPS) is 24.3. The molecule has 0 bridgehead atoms. The third-order valence-corrected chi connectivity index (χ3v) is 4.97. The average molecular weight is 276 g/mol. The van der Waals surface area contributed by atoms with Crippen LogP contribution in [0.2, 0.25) is 0 Å². The highest BCUT2D eigenvalue weighted by Gasteiger charge is 2.66. The molecule has 1 amide bonds. The van der Waals surface area contributed by atoms with E-state index in [0.717, 1.165) is 12.2 Å². The molecule has 2 aromatic rings. The first-order valence-corrected chi connectivity index (χ1v) is 7.08. The van der Waals surface area contributed by atoms with Crippen molar-refractivity contribution < 1.29 is 4.79 Å². The highest BCUT2D eigenvalue weighted by molar-refractivity contribution is 7.10. The Morgan fingerprint density at radius 1 is 1.58 bits per heavy atom. The van der Waals surface area contributed by atoms with Gasteiger partial charge in [-0.25, -0.2) is 4.98 Å². The van der Waals surface area contributed by atoms with Gasteiger partial charge in [0.15, 0.2) is 5.82 Å². The van der Waals surface area contributed by atoms with E-state index in [0.29, 0.717) is 5.82 Å². The minimum Gasteiger partial charge on any atom is -0.369 e. The molecule has 2 aromatic heterocycles. The first-order chi connectivity index (χ1) is 8.96. The summed E-state index contributed by atoms with van der Waals surface area (Å²) in [5, 5.41) is 9.22. The van der Waals surface area contributed by atoms with Gasteiger partial charge >= 0.3 is 0 Å². The molecule has 3 N–H and O–H groups in total. The second-order valence-electron chi connectivity index (χ2n) is 5.69. The number of carbonyl (C=O) groups excluding carboxylic acids is 1. The number of thiophene rings is 1. The lowest BCUT2D eigenvalue weighted by Crippen LogP contribution is -2.17. The molecule has 1 aliphatic carbocycles. The molecule has 2 heterocycles. The molecular weight excluding hydrogens is 260 g/mol. The Morgan fingerprint density at radius 2 is 2.32 bits per heavy atom. The van der Waals surface area contributed by atoms with Crippen LogP contribution in [-0.2, 0) is 16.6 Å². The van der Waals surface area contributed by atoms with Gasteiger partial charge in [0.2, 0.25) is 5.91 Å². The Balaban J connectivity index is 1.99. The number of primary amides is 1. The highest BCUT2D eigenvalue weighted by atomic mass is 32.1. The fraction of sp³-hybridized carbons (Fsp3) is 0.462. The Morgan fingerprint density at radius 3 is 2.84 bits per heavy atom. The standard InChI is InChI=1S/C13H16N4OS/c1-12(2)7-13(12,8-4-3-5-19-8)11-15-10(16-17-11)6-9(14)18/h3-5H,6-7H2,1-2H3,(H2,14,18)(H,15,16,17). The van der Waals surface area contributed by atoms with Gasteiger partial charge in [-0.1, -0.05) is 19.9 Å². The molecule has 1 aliphatic rings. The number of H-pyrrole nitrogens is 1. The number of aromatic amines is 1. The maximum Gasteiger partial charge on any atom is 0.225 e. The summed E-state index contributed by atoms with van der Waals surface area (Å²) in [5.74, 6) is 0.917. The van der Waals surface area contributed by atoms with Crippen molar-refractivity contribution in [1.29, 1.82) is 0 Å². The Bertz CT molecular complexity index is 616. The largest absolute Gasteiger partial charge is 0.369 e. The summed E-state index contributed by atoms with van der Waals surface area (Å²) in [7, 11) is 0. The van der Waals surface area contributed by atoms with E-state index >= 15 is 0 Å². The van der Waals surface area contributed by atoms with Crippen LogP contribution in [0, 0.1) is 5.41 Å². The van der Waals surface area contributed by atoms with Gasteiger partial charge in [-0.2, -0.15) is 5.10 Å². The van der Waals surface area contributed by atoms with Crippen molar-refractivity contribution in [2.45, 2.75) is 32.1 Å². The fourth-order valence-corrected chi connectivity index (χ4v) is 3.88. The third-order valence-electron chi connectivity index (χ3n) is 3.93. The predicted molar refractivity (Wildman–Crippen MR) is 72.8 cm³/mol. The number of rotatable bonds is 4. The van der Waals surface area contributed by atoms with Gasteiger partial charge in [0.05, 0.1) is 11.8 Å². The molecule has 0 spiro atoms. The second kappa shape index (κ2) is 3.90. The molecule has 5 nitrogen and oxygen atoms in total. The van der Waals surface area contributed by atoms with Gasteiger partial charge < -0.3 is 5.73 Å². The monoisotopic (exact) mass is 276 g/mol. The van der Waals surface area contributed by atoms with E-state index in [9.17, 15) is 4.79 Å². The summed E-state index contributed by atoms with van der Waals surface area (Å²) in [5.41, 5.74) is 5.21. The van der Waals surface area contributed by atoms with Crippen molar-refractivity contribution in [1.82, 2.24) is 15.2 Å². The Hall–Kier alpha value is -1.69. The Labute approximate surface area is 115 Å². The lowest BCUT2D eigenvalue weighted by atomic mass is 9.93. The van der Waals surface area contributed by atoms with Gasteiger partial charge in [0.25, 0.3) is 0 Å². The first-order valence-electron chi connectivity index (χ1n) is 6.20. The van der Waals surface area contributed by atoms with E-state index in [4.69, 9.17) is 5.73 Å². The molecule has 1 saturated carbocycles. The summed E-state index contributed by atoms with van der Waals surface area (Å²) in [6.45, 7) is 4.44. The SMILES string of the molecule is CC1(C)CC1(c1n[nH]c(CC(N)=O)n1)c1cccs1. The number of amides is 1. The molecule has 1 fully saturated rings. The zero-order chi connectivity index (χ0) is 13.7. The van der Waals surface area contributed by atoms with Crippen molar-refractivity contribution >= 4 is 17.2 Å². The smallest absolute Gasteiger partial charge is 0.225 e. The Kier molecular flexibility index (Phi) is 2.53. The van der Waals surface area contributed by atoms with Crippen LogP contribution in [0.4, 0.5) is 0 Å². The molecule has 0 aromatic carbocycles. The van der Waals surface area contributed by atoms with Crippen LogP contribution in [0.15, 0.2) is 17.5 Å². The van der Waals surface area contributed by atoms with Crippen LogP contribution in [0.1, 0.15) is 36.8 Å². The summed E-state index contributed by atoms with van der Waals surface area (Å²) in [4.78, 5) is 16.7. The highest BCUT2D eigenvalue weighted by Crippen LogP contribution is 2.67. The quantitative estimate of drug-likeness (QED) is 0.889. The minimum absolute atomic E-state index is 0.105. The molecule has 6 heteroatoms. The predicted octanol–water partition coefficient (Wildman–Crippen LogP) is 1.61. The fourth-order valence-electron chi connectivity index (χ4n) is 2.78. The summed E-state index contributed by atoms with van der Waals surface area (Å²) in [6.07, 6.45) is 1.13. The van der Waals surface area contributed by atoms with Crippen LogP contribution < -0.4 is 5.73 Å². The van der Waals surface area contributed by atoms with Gasteiger partial charge in [0.1, 0.15) is 5.82 Å². The number of hydrogen-bond donors (Lipinski definition) is 2. The van der Waals surface area contributed by atoms with E-state index in [1.54, 1.807) is 11.3 Å². The lowest BCUT2D eigenvalue weighted by Gasteiger charge is -2.15. The van der Waals surface area contributed by atoms with E-state index in [-0.39, 0.29) is 17.3 Å². The number of carbonyl (C=O) groups is 1. The van der Waals surface area contributed by atoms with Gasteiger partial charge in [-0.15, -0.1) is 11.3 Å². The van der Waals surface area contributed by atoms with E-state index in [2.05, 4.69) is 40.5 Å². The molecule has 0 aliphatic heterocycles. The van der Waals surface area contributed by atoms with Crippen LogP contribution in [0.3, 0.4) is 0 Å². The first kappa shape index (κ1) is 12.3. The van der Waals surface area contributed by atoms with Gasteiger partial charge in [-0.3, -0.25) is 9.89 Å². The summed E-state index contributed by atoms with van der Waals surface area (Å²) in [6, 6.07) is 4.18. The van der Waals surface area contributed by atoms with Gasteiger partial charge in [-0.05, 0) is 23.3 Å². The van der Waals surface area contributed by atoms with Crippen LogP contribution >= 0.6 is 11.3 Å². The third kappa shape index (κ3) is 1.78. The summed E-state index contributed by atoms with van der Waals surface area (Å²) < 4.78 is 0. The van der Waals surface area contributed by atoms with E-state index in [1.807, 2.05) is 6.07 Å². The molecule has 1 atom stereocenters. The molecule has 3 rings (SSSR count). The van der Waals surface area contributed by atoms with Gasteiger partial charge in [0, 0.05) is 4.88 Å². The number of nitrogens with zero attached hydrogens (tertiary/aromatic N) is 2.